The number of carbonyl (C=O) groups is 2. The fourth-order valence-electron chi connectivity index (χ4n) is 1.54. The molecule has 0 fully saturated rings. The van der Waals surface area contributed by atoms with E-state index >= 15 is 0 Å². The number of allylic oxidation sites excluding steroid dienone is 1. The minimum atomic E-state index is -3.50. The number of carbonyl (C=O) groups excluding carboxylic acids is 1. The first-order valence-corrected chi connectivity index (χ1v) is 7.83. The van der Waals surface area contributed by atoms with Crippen molar-refractivity contribution < 1.29 is 23.1 Å². The van der Waals surface area contributed by atoms with Gasteiger partial charge < -0.3 is 10.4 Å². The first-order valence-electron chi connectivity index (χ1n) is 6.01. The lowest BCUT2D eigenvalue weighted by Gasteiger charge is -2.14. The molecule has 0 aliphatic carbocycles. The summed E-state index contributed by atoms with van der Waals surface area (Å²) < 4.78 is 23.2. The zero-order valence-corrected chi connectivity index (χ0v) is 12.1. The fourth-order valence-corrected chi connectivity index (χ4v) is 3.16. The maximum absolute atomic E-state index is 11.6. The van der Waals surface area contributed by atoms with Crippen molar-refractivity contribution >= 4 is 21.7 Å². The van der Waals surface area contributed by atoms with Gasteiger partial charge in [0.25, 0.3) is 0 Å². The molecule has 110 valence electrons. The van der Waals surface area contributed by atoms with Crippen LogP contribution < -0.4 is 5.32 Å². The molecule has 1 amide bonds. The summed E-state index contributed by atoms with van der Waals surface area (Å²) >= 11 is 0. The van der Waals surface area contributed by atoms with Gasteiger partial charge in [0, 0.05) is 0 Å². The van der Waals surface area contributed by atoms with Gasteiger partial charge >= 0.3 is 5.97 Å². The van der Waals surface area contributed by atoms with E-state index in [-0.39, 0.29) is 18.1 Å². The Kier molecular flexibility index (Phi) is 7.36. The molecule has 0 aromatic carbocycles. The van der Waals surface area contributed by atoms with E-state index in [9.17, 15) is 18.0 Å². The standard InChI is InChI=1S/C12H21NO5S/c1-4-5-6-10(12(15)16)13-11(14)8-19(17,18)7-9(2)3/h4,9-10H,1,5-8H2,2-3H3,(H,13,14)(H,15,16). The Morgan fingerprint density at radius 3 is 2.37 bits per heavy atom. The molecule has 0 saturated heterocycles. The number of sulfone groups is 1. The van der Waals surface area contributed by atoms with Gasteiger partial charge in [-0.1, -0.05) is 19.9 Å². The molecule has 0 bridgehead atoms. The van der Waals surface area contributed by atoms with Crippen LogP contribution in [0.15, 0.2) is 12.7 Å². The summed E-state index contributed by atoms with van der Waals surface area (Å²) in [5, 5.41) is 11.1. The summed E-state index contributed by atoms with van der Waals surface area (Å²) in [6.45, 7) is 6.93. The predicted octanol–water partition coefficient (Wildman–Crippen LogP) is 0.593. The topological polar surface area (TPSA) is 101 Å². The average molecular weight is 291 g/mol. The number of aliphatic carboxylic acids is 1. The normalized spacial score (nSPS) is 13.0. The molecule has 0 heterocycles. The van der Waals surface area contributed by atoms with Crippen molar-refractivity contribution in [3.8, 4) is 0 Å². The highest BCUT2D eigenvalue weighted by Gasteiger charge is 2.23. The minimum Gasteiger partial charge on any atom is -0.480 e. The van der Waals surface area contributed by atoms with Crippen LogP contribution in [0.4, 0.5) is 0 Å². The van der Waals surface area contributed by atoms with Crippen molar-refractivity contribution in [2.75, 3.05) is 11.5 Å². The van der Waals surface area contributed by atoms with Gasteiger partial charge in [0.05, 0.1) is 5.75 Å². The smallest absolute Gasteiger partial charge is 0.326 e. The monoisotopic (exact) mass is 291 g/mol. The quantitative estimate of drug-likeness (QED) is 0.606. The van der Waals surface area contributed by atoms with Crippen LogP contribution in [0.5, 0.6) is 0 Å². The SMILES string of the molecule is C=CCCC(NC(=O)CS(=O)(=O)CC(C)C)C(=O)O. The molecule has 0 aliphatic rings. The zero-order valence-electron chi connectivity index (χ0n) is 11.3. The van der Waals surface area contributed by atoms with Gasteiger partial charge in [0.2, 0.25) is 5.91 Å². The summed E-state index contributed by atoms with van der Waals surface area (Å²) in [5.74, 6) is -2.81. The first-order chi connectivity index (χ1) is 8.68. The Morgan fingerprint density at radius 1 is 1.37 bits per heavy atom. The number of carboxylic acids is 1. The van der Waals surface area contributed by atoms with Crippen LogP contribution in [-0.4, -0.2) is 42.9 Å². The van der Waals surface area contributed by atoms with Crippen molar-refractivity contribution in [1.29, 1.82) is 0 Å². The Bertz CT molecular complexity index is 427. The molecule has 2 N–H and O–H groups in total. The summed E-state index contributed by atoms with van der Waals surface area (Å²) in [6, 6.07) is -1.08. The summed E-state index contributed by atoms with van der Waals surface area (Å²) in [6.07, 6.45) is 2.16. The van der Waals surface area contributed by atoms with Crippen molar-refractivity contribution in [3.05, 3.63) is 12.7 Å². The van der Waals surface area contributed by atoms with Crippen LogP contribution in [0, 0.1) is 5.92 Å². The van der Waals surface area contributed by atoms with Gasteiger partial charge in [-0.05, 0) is 18.8 Å². The van der Waals surface area contributed by atoms with Gasteiger partial charge in [0.1, 0.15) is 11.8 Å². The van der Waals surface area contributed by atoms with Crippen LogP contribution >= 0.6 is 0 Å². The second-order valence-corrected chi connectivity index (χ2v) is 6.88. The van der Waals surface area contributed by atoms with E-state index in [0.29, 0.717) is 6.42 Å². The summed E-state index contributed by atoms with van der Waals surface area (Å²) in [4.78, 5) is 22.4. The molecule has 0 radical (unpaired) electrons. The third-order valence-electron chi connectivity index (χ3n) is 2.23. The highest BCUT2D eigenvalue weighted by Crippen LogP contribution is 2.02. The fraction of sp³-hybridized carbons (Fsp3) is 0.667. The van der Waals surface area contributed by atoms with Gasteiger partial charge in [-0.3, -0.25) is 4.79 Å². The van der Waals surface area contributed by atoms with Crippen molar-refractivity contribution in [1.82, 2.24) is 5.32 Å². The number of hydrogen-bond acceptors (Lipinski definition) is 4. The summed E-state index contributed by atoms with van der Waals surface area (Å²) in [7, 11) is -3.50. The first kappa shape index (κ1) is 17.6. The van der Waals surface area contributed by atoms with E-state index in [4.69, 9.17) is 5.11 Å². The highest BCUT2D eigenvalue weighted by atomic mass is 32.2. The largest absolute Gasteiger partial charge is 0.480 e. The molecule has 6 nitrogen and oxygen atoms in total. The summed E-state index contributed by atoms with van der Waals surface area (Å²) in [5.41, 5.74) is 0. The second-order valence-electron chi connectivity index (χ2n) is 4.77. The maximum Gasteiger partial charge on any atom is 0.326 e. The molecule has 1 atom stereocenters. The second kappa shape index (κ2) is 7.93. The van der Waals surface area contributed by atoms with Crippen LogP contribution in [0.2, 0.25) is 0 Å². The minimum absolute atomic E-state index is 0.0752. The Labute approximate surface area is 113 Å². The van der Waals surface area contributed by atoms with Gasteiger partial charge in [0.15, 0.2) is 9.84 Å². The zero-order chi connectivity index (χ0) is 15.1. The molecule has 7 heteroatoms. The van der Waals surface area contributed by atoms with E-state index in [0.717, 1.165) is 0 Å². The van der Waals surface area contributed by atoms with Crippen LogP contribution in [0.1, 0.15) is 26.7 Å². The van der Waals surface area contributed by atoms with Crippen LogP contribution in [0.3, 0.4) is 0 Å². The lowest BCUT2D eigenvalue weighted by Crippen LogP contribution is -2.43. The molecule has 1 unspecified atom stereocenters. The van der Waals surface area contributed by atoms with E-state index in [1.54, 1.807) is 13.8 Å². The maximum atomic E-state index is 11.6. The molecule has 0 aliphatic heterocycles. The van der Waals surface area contributed by atoms with Crippen molar-refractivity contribution in [2.45, 2.75) is 32.7 Å². The highest BCUT2D eigenvalue weighted by molar-refractivity contribution is 7.92. The lowest BCUT2D eigenvalue weighted by molar-refractivity contribution is -0.141. The van der Waals surface area contributed by atoms with Gasteiger partial charge in [-0.15, -0.1) is 6.58 Å². The Balaban J connectivity index is 4.49. The number of rotatable bonds is 9. The Morgan fingerprint density at radius 2 is 1.95 bits per heavy atom. The Hall–Kier alpha value is -1.37. The average Bonchev–Trinajstić information content (AvgIpc) is 2.20. The van der Waals surface area contributed by atoms with Crippen LogP contribution in [-0.2, 0) is 19.4 Å². The number of carboxylic acid groups (broad SMARTS) is 1. The number of nitrogens with one attached hydrogen (secondary N) is 1. The van der Waals surface area contributed by atoms with Crippen molar-refractivity contribution in [2.24, 2.45) is 5.92 Å². The van der Waals surface area contributed by atoms with Gasteiger partial charge in [-0.2, -0.15) is 0 Å². The van der Waals surface area contributed by atoms with E-state index in [2.05, 4.69) is 11.9 Å². The third kappa shape index (κ3) is 8.36. The van der Waals surface area contributed by atoms with Crippen LogP contribution in [0.25, 0.3) is 0 Å². The molecular formula is C12H21NO5S. The molecule has 0 spiro atoms. The molecule has 0 aromatic heterocycles. The number of hydrogen-bond donors (Lipinski definition) is 2. The molecule has 0 aromatic rings. The molecule has 0 rings (SSSR count). The van der Waals surface area contributed by atoms with E-state index in [1.165, 1.54) is 6.08 Å². The lowest BCUT2D eigenvalue weighted by atomic mass is 10.1. The molecule has 0 saturated carbocycles. The number of amides is 1. The van der Waals surface area contributed by atoms with E-state index in [1.807, 2.05) is 0 Å². The van der Waals surface area contributed by atoms with Gasteiger partial charge in [-0.25, -0.2) is 13.2 Å². The third-order valence-corrected chi connectivity index (χ3v) is 4.11. The molecular weight excluding hydrogens is 270 g/mol. The molecule has 19 heavy (non-hydrogen) atoms. The van der Waals surface area contributed by atoms with Crippen molar-refractivity contribution in [3.63, 3.8) is 0 Å². The van der Waals surface area contributed by atoms with E-state index < -0.39 is 33.5 Å². The predicted molar refractivity (Wildman–Crippen MR) is 72.5 cm³/mol.